The molecule has 0 aliphatic rings. The van der Waals surface area contributed by atoms with Crippen LogP contribution in [0, 0.1) is 0 Å². The molecule has 118 valence electrons. The van der Waals surface area contributed by atoms with Crippen LogP contribution in [0.2, 0.25) is 5.02 Å². The Morgan fingerprint density at radius 2 is 1.90 bits per heavy atom. The Kier molecular flexibility index (Phi) is 6.99. The Balaban J connectivity index is 2.18. The van der Waals surface area contributed by atoms with Crippen LogP contribution < -0.4 is 10.6 Å². The van der Waals surface area contributed by atoms with E-state index in [1.807, 2.05) is 52.0 Å². The van der Waals surface area contributed by atoms with E-state index in [9.17, 15) is 4.79 Å². The van der Waals surface area contributed by atoms with E-state index in [1.165, 1.54) is 5.56 Å². The molecule has 0 spiro atoms. The first-order valence-electron chi connectivity index (χ1n) is 7.21. The second-order valence-electron chi connectivity index (χ2n) is 6.11. The number of hydrogen-bond acceptors (Lipinski definition) is 3. The fourth-order valence-electron chi connectivity index (χ4n) is 1.74. The number of alkyl carbamates (subject to hydrolysis) is 1. The molecule has 1 aromatic rings. The van der Waals surface area contributed by atoms with Crippen LogP contribution in [0.4, 0.5) is 4.79 Å². The average Bonchev–Trinajstić information content (AvgIpc) is 2.37. The van der Waals surface area contributed by atoms with Crippen molar-refractivity contribution >= 4 is 17.7 Å². The standard InChI is InChI=1S/C16H25ClN2O2/c1-12(11-19-15(20)21-16(2,3)4)18-10-9-13-5-7-14(17)8-6-13/h5-8,12,18H,9-11H2,1-4H3,(H,19,20). The van der Waals surface area contributed by atoms with Gasteiger partial charge in [-0.3, -0.25) is 0 Å². The third-order valence-corrected chi connectivity index (χ3v) is 3.02. The first kappa shape index (κ1) is 17.8. The van der Waals surface area contributed by atoms with Crippen LogP contribution in [0.15, 0.2) is 24.3 Å². The normalized spacial score (nSPS) is 12.8. The van der Waals surface area contributed by atoms with E-state index in [0.29, 0.717) is 6.54 Å². The molecule has 0 fully saturated rings. The van der Waals surface area contributed by atoms with Crippen molar-refractivity contribution in [1.82, 2.24) is 10.6 Å². The quantitative estimate of drug-likeness (QED) is 0.846. The Hall–Kier alpha value is -1.26. The van der Waals surface area contributed by atoms with Crippen LogP contribution in [-0.4, -0.2) is 30.8 Å². The molecule has 1 amide bonds. The van der Waals surface area contributed by atoms with Crippen molar-refractivity contribution in [1.29, 1.82) is 0 Å². The number of nitrogens with one attached hydrogen (secondary N) is 2. The minimum atomic E-state index is -0.463. The number of amides is 1. The smallest absolute Gasteiger partial charge is 0.407 e. The van der Waals surface area contributed by atoms with Gasteiger partial charge < -0.3 is 15.4 Å². The largest absolute Gasteiger partial charge is 0.444 e. The Bertz CT molecular complexity index is 441. The molecule has 0 aliphatic carbocycles. The van der Waals surface area contributed by atoms with Crippen LogP contribution in [0.5, 0.6) is 0 Å². The molecule has 0 saturated carbocycles. The minimum absolute atomic E-state index is 0.185. The van der Waals surface area contributed by atoms with Crippen molar-refractivity contribution in [3.8, 4) is 0 Å². The van der Waals surface area contributed by atoms with E-state index in [1.54, 1.807) is 0 Å². The highest BCUT2D eigenvalue weighted by Crippen LogP contribution is 2.09. The molecule has 5 heteroatoms. The summed E-state index contributed by atoms with van der Waals surface area (Å²) < 4.78 is 5.18. The molecule has 0 aliphatic heterocycles. The Morgan fingerprint density at radius 1 is 1.29 bits per heavy atom. The van der Waals surface area contributed by atoms with Gasteiger partial charge in [-0.05, 0) is 58.4 Å². The fourth-order valence-corrected chi connectivity index (χ4v) is 1.86. The zero-order valence-electron chi connectivity index (χ0n) is 13.2. The fraction of sp³-hybridized carbons (Fsp3) is 0.562. The van der Waals surface area contributed by atoms with Gasteiger partial charge in [0.2, 0.25) is 0 Å². The number of carbonyl (C=O) groups is 1. The van der Waals surface area contributed by atoms with Gasteiger partial charge in [0.25, 0.3) is 0 Å². The lowest BCUT2D eigenvalue weighted by Crippen LogP contribution is -2.41. The number of carbonyl (C=O) groups excluding carboxylic acids is 1. The molecule has 2 N–H and O–H groups in total. The van der Waals surface area contributed by atoms with Crippen molar-refractivity contribution in [2.45, 2.75) is 45.8 Å². The predicted molar refractivity (Wildman–Crippen MR) is 86.9 cm³/mol. The van der Waals surface area contributed by atoms with E-state index in [-0.39, 0.29) is 12.1 Å². The summed E-state index contributed by atoms with van der Waals surface area (Å²) in [4.78, 5) is 11.5. The Labute approximate surface area is 132 Å². The van der Waals surface area contributed by atoms with Crippen molar-refractivity contribution in [3.05, 3.63) is 34.9 Å². The van der Waals surface area contributed by atoms with E-state index in [0.717, 1.165) is 18.0 Å². The van der Waals surface area contributed by atoms with Crippen LogP contribution in [-0.2, 0) is 11.2 Å². The number of halogens is 1. The van der Waals surface area contributed by atoms with Gasteiger partial charge in [0.15, 0.2) is 0 Å². The molecule has 0 bridgehead atoms. The average molecular weight is 313 g/mol. The van der Waals surface area contributed by atoms with Crippen LogP contribution >= 0.6 is 11.6 Å². The Morgan fingerprint density at radius 3 is 2.48 bits per heavy atom. The molecule has 4 nitrogen and oxygen atoms in total. The maximum Gasteiger partial charge on any atom is 0.407 e. The maximum atomic E-state index is 11.5. The highest BCUT2D eigenvalue weighted by Gasteiger charge is 2.16. The summed E-state index contributed by atoms with van der Waals surface area (Å²) in [6.07, 6.45) is 0.544. The molecule has 1 rings (SSSR count). The molecule has 0 radical (unpaired) electrons. The molecular weight excluding hydrogens is 288 g/mol. The highest BCUT2D eigenvalue weighted by molar-refractivity contribution is 6.30. The van der Waals surface area contributed by atoms with Gasteiger partial charge >= 0.3 is 6.09 Å². The summed E-state index contributed by atoms with van der Waals surface area (Å²) in [6, 6.07) is 8.01. The van der Waals surface area contributed by atoms with Gasteiger partial charge in [-0.15, -0.1) is 0 Å². The predicted octanol–water partition coefficient (Wildman–Crippen LogP) is 3.39. The van der Waals surface area contributed by atoms with Crippen LogP contribution in [0.1, 0.15) is 33.3 Å². The molecular formula is C16H25ClN2O2. The summed E-state index contributed by atoms with van der Waals surface area (Å²) >= 11 is 5.85. The van der Waals surface area contributed by atoms with Crippen LogP contribution in [0.3, 0.4) is 0 Å². The summed E-state index contributed by atoms with van der Waals surface area (Å²) in [6.45, 7) is 8.95. The van der Waals surface area contributed by atoms with Crippen molar-refractivity contribution in [2.24, 2.45) is 0 Å². The monoisotopic (exact) mass is 312 g/mol. The second kappa shape index (κ2) is 8.25. The first-order chi connectivity index (χ1) is 9.76. The lowest BCUT2D eigenvalue weighted by Gasteiger charge is -2.21. The number of benzene rings is 1. The maximum absolute atomic E-state index is 11.5. The molecule has 1 aromatic carbocycles. The first-order valence-corrected chi connectivity index (χ1v) is 7.59. The number of rotatable bonds is 6. The topological polar surface area (TPSA) is 50.4 Å². The molecule has 21 heavy (non-hydrogen) atoms. The molecule has 0 aromatic heterocycles. The summed E-state index contributed by atoms with van der Waals surface area (Å²) in [5.74, 6) is 0. The van der Waals surface area contributed by atoms with Crippen LogP contribution in [0.25, 0.3) is 0 Å². The molecule has 1 unspecified atom stereocenters. The van der Waals surface area contributed by atoms with Crippen molar-refractivity contribution < 1.29 is 9.53 Å². The van der Waals surface area contributed by atoms with Gasteiger partial charge in [0.1, 0.15) is 5.60 Å². The molecule has 0 heterocycles. The zero-order valence-corrected chi connectivity index (χ0v) is 14.0. The summed E-state index contributed by atoms with van der Waals surface area (Å²) in [5.41, 5.74) is 0.772. The summed E-state index contributed by atoms with van der Waals surface area (Å²) in [7, 11) is 0. The SMILES string of the molecule is CC(CNC(=O)OC(C)(C)C)NCCc1ccc(Cl)cc1. The summed E-state index contributed by atoms with van der Waals surface area (Å²) in [5, 5.41) is 6.87. The molecule has 1 atom stereocenters. The van der Waals surface area contributed by atoms with Crippen molar-refractivity contribution in [2.75, 3.05) is 13.1 Å². The van der Waals surface area contributed by atoms with E-state index in [4.69, 9.17) is 16.3 Å². The third kappa shape index (κ3) is 8.58. The van der Waals surface area contributed by atoms with Gasteiger partial charge in [-0.25, -0.2) is 4.79 Å². The van der Waals surface area contributed by atoms with Gasteiger partial charge in [-0.2, -0.15) is 0 Å². The van der Waals surface area contributed by atoms with Gasteiger partial charge in [0.05, 0.1) is 0 Å². The lowest BCUT2D eigenvalue weighted by molar-refractivity contribution is 0.0523. The number of hydrogen-bond donors (Lipinski definition) is 2. The van der Waals surface area contributed by atoms with E-state index >= 15 is 0 Å². The van der Waals surface area contributed by atoms with E-state index < -0.39 is 5.60 Å². The lowest BCUT2D eigenvalue weighted by atomic mass is 10.1. The molecule has 0 saturated heterocycles. The van der Waals surface area contributed by atoms with Crippen molar-refractivity contribution in [3.63, 3.8) is 0 Å². The minimum Gasteiger partial charge on any atom is -0.444 e. The highest BCUT2D eigenvalue weighted by atomic mass is 35.5. The third-order valence-electron chi connectivity index (χ3n) is 2.77. The zero-order chi connectivity index (χ0) is 15.9. The van der Waals surface area contributed by atoms with Gasteiger partial charge in [0, 0.05) is 17.6 Å². The van der Waals surface area contributed by atoms with Gasteiger partial charge in [-0.1, -0.05) is 23.7 Å². The van der Waals surface area contributed by atoms with E-state index in [2.05, 4.69) is 10.6 Å². The number of ether oxygens (including phenoxy) is 1. The second-order valence-corrected chi connectivity index (χ2v) is 6.55.